The quantitative estimate of drug-likeness (QED) is 0.741. The summed E-state index contributed by atoms with van der Waals surface area (Å²) in [6.07, 6.45) is 6.27. The van der Waals surface area contributed by atoms with Crippen molar-refractivity contribution in [1.82, 2.24) is 19.7 Å². The van der Waals surface area contributed by atoms with Crippen molar-refractivity contribution < 1.29 is 9.53 Å². The average Bonchev–Trinajstić information content (AvgIpc) is 3.02. The highest BCUT2D eigenvalue weighted by Crippen LogP contribution is 2.19. The molecule has 2 heterocycles. The number of pyridine rings is 1. The molecule has 120 valence electrons. The first-order chi connectivity index (χ1) is 11.7. The van der Waals surface area contributed by atoms with Gasteiger partial charge in [0.05, 0.1) is 7.11 Å². The van der Waals surface area contributed by atoms with Crippen molar-refractivity contribution in [3.63, 3.8) is 0 Å². The van der Waals surface area contributed by atoms with Gasteiger partial charge in [0.25, 0.3) is 5.91 Å². The molecule has 0 unspecified atom stereocenters. The number of carbonyl (C=O) groups excluding carboxylic acids is 1. The van der Waals surface area contributed by atoms with Crippen LogP contribution in [0.1, 0.15) is 10.4 Å². The smallest absolute Gasteiger partial charge is 0.274 e. The lowest BCUT2D eigenvalue weighted by Gasteiger charge is -2.03. The number of aromatic nitrogens is 4. The Morgan fingerprint density at radius 1 is 1.25 bits per heavy atom. The predicted octanol–water partition coefficient (Wildman–Crippen LogP) is 2.28. The van der Waals surface area contributed by atoms with Crippen molar-refractivity contribution in [2.24, 2.45) is 0 Å². The molecule has 2 aromatic heterocycles. The molecular formula is C17H15N5O2. The number of allylic oxidation sites excluding steroid dienone is 1. The minimum absolute atomic E-state index is 0.0172. The lowest BCUT2D eigenvalue weighted by atomic mass is 10.2. The summed E-state index contributed by atoms with van der Waals surface area (Å²) < 4.78 is 6.29. The molecule has 3 aromatic rings. The van der Waals surface area contributed by atoms with E-state index in [0.29, 0.717) is 17.1 Å². The van der Waals surface area contributed by atoms with Gasteiger partial charge in [0.2, 0.25) is 5.95 Å². The van der Waals surface area contributed by atoms with Crippen LogP contribution in [0.2, 0.25) is 0 Å². The monoisotopic (exact) mass is 321 g/mol. The lowest BCUT2D eigenvalue weighted by molar-refractivity contribution is 0.0958. The summed E-state index contributed by atoms with van der Waals surface area (Å²) in [7, 11) is 1.57. The number of nitrogens with zero attached hydrogens (tertiary/aromatic N) is 4. The van der Waals surface area contributed by atoms with Crippen LogP contribution in [0.3, 0.4) is 0 Å². The van der Waals surface area contributed by atoms with Crippen molar-refractivity contribution in [3.8, 4) is 17.1 Å². The summed E-state index contributed by atoms with van der Waals surface area (Å²) in [5.74, 6) is 0.633. The van der Waals surface area contributed by atoms with Crippen LogP contribution in [-0.4, -0.2) is 32.8 Å². The summed E-state index contributed by atoms with van der Waals surface area (Å²) in [4.78, 5) is 20.4. The van der Waals surface area contributed by atoms with Crippen molar-refractivity contribution >= 4 is 17.9 Å². The number of benzene rings is 1. The highest BCUT2D eigenvalue weighted by Gasteiger charge is 2.13. The minimum atomic E-state index is -0.402. The molecule has 0 aliphatic carbocycles. The Bertz CT molecular complexity index is 887. The van der Waals surface area contributed by atoms with Crippen LogP contribution in [0, 0.1) is 0 Å². The molecule has 0 aliphatic rings. The number of carbonyl (C=O) groups is 1. The maximum absolute atomic E-state index is 12.3. The highest BCUT2D eigenvalue weighted by atomic mass is 16.5. The van der Waals surface area contributed by atoms with Crippen LogP contribution in [0.5, 0.6) is 5.75 Å². The third-order valence-corrected chi connectivity index (χ3v) is 3.31. The van der Waals surface area contributed by atoms with E-state index < -0.39 is 5.91 Å². The molecule has 0 bridgehead atoms. The Morgan fingerprint density at radius 3 is 2.83 bits per heavy atom. The summed E-state index contributed by atoms with van der Waals surface area (Å²) in [6, 6.07) is 10.9. The molecule has 1 aromatic carbocycles. The zero-order valence-corrected chi connectivity index (χ0v) is 13.0. The molecule has 0 fully saturated rings. The summed E-state index contributed by atoms with van der Waals surface area (Å²) in [5.41, 5.74) is 7.26. The molecule has 7 heteroatoms. The van der Waals surface area contributed by atoms with Gasteiger partial charge in [-0.2, -0.15) is 9.67 Å². The van der Waals surface area contributed by atoms with Crippen LogP contribution >= 0.6 is 0 Å². The zero-order valence-electron chi connectivity index (χ0n) is 13.0. The van der Waals surface area contributed by atoms with Gasteiger partial charge in [0.15, 0.2) is 5.82 Å². The Kier molecular flexibility index (Phi) is 4.33. The molecule has 0 aliphatic heterocycles. The largest absolute Gasteiger partial charge is 0.496 e. The predicted molar refractivity (Wildman–Crippen MR) is 90.3 cm³/mol. The van der Waals surface area contributed by atoms with Crippen LogP contribution in [-0.2, 0) is 0 Å². The molecule has 3 rings (SSSR count). The molecule has 0 saturated carbocycles. The van der Waals surface area contributed by atoms with Gasteiger partial charge >= 0.3 is 0 Å². The Balaban J connectivity index is 1.86. The fourth-order valence-electron chi connectivity index (χ4n) is 2.14. The standard InChI is InChI=1S/C17H15N5O2/c1-24-14-7-3-2-5-12(14)8-9-15(23)22-17(18)20-16(21-22)13-6-4-10-19-11-13/h2-11H,1H3,(H2,18,20,21)/b9-8+. The van der Waals surface area contributed by atoms with Gasteiger partial charge in [-0.1, -0.05) is 18.2 Å². The Labute approximate surface area is 138 Å². The van der Waals surface area contributed by atoms with Crippen molar-refractivity contribution in [3.05, 3.63) is 60.4 Å². The summed E-state index contributed by atoms with van der Waals surface area (Å²) in [5, 5.41) is 4.14. The molecule has 7 nitrogen and oxygen atoms in total. The van der Waals surface area contributed by atoms with E-state index in [0.717, 1.165) is 10.2 Å². The fourth-order valence-corrected chi connectivity index (χ4v) is 2.14. The number of para-hydroxylation sites is 1. The third kappa shape index (κ3) is 3.14. The number of ether oxygens (including phenoxy) is 1. The third-order valence-electron chi connectivity index (χ3n) is 3.31. The van der Waals surface area contributed by atoms with E-state index in [2.05, 4.69) is 15.1 Å². The number of rotatable bonds is 4. The topological polar surface area (TPSA) is 95.9 Å². The zero-order chi connectivity index (χ0) is 16.9. The maximum Gasteiger partial charge on any atom is 0.274 e. The van der Waals surface area contributed by atoms with Gasteiger partial charge in [-0.25, -0.2) is 0 Å². The van der Waals surface area contributed by atoms with E-state index >= 15 is 0 Å². The normalized spacial score (nSPS) is 10.9. The molecule has 24 heavy (non-hydrogen) atoms. The average molecular weight is 321 g/mol. The van der Waals surface area contributed by atoms with Crippen LogP contribution in [0.15, 0.2) is 54.9 Å². The van der Waals surface area contributed by atoms with E-state index in [1.165, 1.54) is 6.08 Å². The number of anilines is 1. The molecule has 0 saturated heterocycles. The van der Waals surface area contributed by atoms with Crippen LogP contribution in [0.4, 0.5) is 5.95 Å². The van der Waals surface area contributed by atoms with Gasteiger partial charge in [0.1, 0.15) is 5.75 Å². The van der Waals surface area contributed by atoms with E-state index in [-0.39, 0.29) is 5.95 Å². The fraction of sp³-hybridized carbons (Fsp3) is 0.0588. The second-order valence-corrected chi connectivity index (χ2v) is 4.86. The second kappa shape index (κ2) is 6.74. The van der Waals surface area contributed by atoms with E-state index in [4.69, 9.17) is 10.5 Å². The van der Waals surface area contributed by atoms with E-state index in [9.17, 15) is 4.79 Å². The SMILES string of the molecule is COc1ccccc1/C=C/C(=O)n1nc(-c2cccnc2)nc1N. The Hall–Kier alpha value is -3.48. The summed E-state index contributed by atoms with van der Waals surface area (Å²) in [6.45, 7) is 0. The van der Waals surface area contributed by atoms with E-state index in [1.54, 1.807) is 37.7 Å². The second-order valence-electron chi connectivity index (χ2n) is 4.86. The Morgan fingerprint density at radius 2 is 2.08 bits per heavy atom. The van der Waals surface area contributed by atoms with Crippen molar-refractivity contribution in [2.75, 3.05) is 12.8 Å². The summed E-state index contributed by atoms with van der Waals surface area (Å²) >= 11 is 0. The molecule has 2 N–H and O–H groups in total. The van der Waals surface area contributed by atoms with Gasteiger partial charge in [-0.15, -0.1) is 5.10 Å². The minimum Gasteiger partial charge on any atom is -0.496 e. The number of hydrogen-bond acceptors (Lipinski definition) is 6. The van der Waals surface area contributed by atoms with Gasteiger partial charge in [-0.05, 0) is 24.3 Å². The van der Waals surface area contributed by atoms with Crippen LogP contribution in [0.25, 0.3) is 17.5 Å². The first-order valence-corrected chi connectivity index (χ1v) is 7.17. The van der Waals surface area contributed by atoms with Gasteiger partial charge in [-0.3, -0.25) is 9.78 Å². The van der Waals surface area contributed by atoms with E-state index in [1.807, 2.05) is 24.3 Å². The number of methoxy groups -OCH3 is 1. The first-order valence-electron chi connectivity index (χ1n) is 7.17. The lowest BCUT2D eigenvalue weighted by Crippen LogP contribution is -2.12. The molecule has 0 spiro atoms. The van der Waals surface area contributed by atoms with Crippen LogP contribution < -0.4 is 10.5 Å². The number of nitrogen functional groups attached to an aromatic ring is 1. The molecule has 0 amide bonds. The highest BCUT2D eigenvalue weighted by molar-refractivity contribution is 5.95. The van der Waals surface area contributed by atoms with Crippen molar-refractivity contribution in [1.29, 1.82) is 0 Å². The van der Waals surface area contributed by atoms with Crippen molar-refractivity contribution in [2.45, 2.75) is 0 Å². The molecular weight excluding hydrogens is 306 g/mol. The maximum atomic E-state index is 12.3. The number of nitrogens with two attached hydrogens (primary N) is 1. The van der Waals surface area contributed by atoms with Gasteiger partial charge in [0, 0.05) is 29.6 Å². The first kappa shape index (κ1) is 15.4. The number of hydrogen-bond donors (Lipinski definition) is 1. The van der Waals surface area contributed by atoms with Gasteiger partial charge < -0.3 is 10.5 Å². The molecule has 0 radical (unpaired) electrons. The molecule has 0 atom stereocenters.